The number of hydrogen-bond donors (Lipinski definition) is 2. The Morgan fingerprint density at radius 3 is 2.71 bits per heavy atom. The minimum atomic E-state index is -3.07. The predicted octanol–water partition coefficient (Wildman–Crippen LogP) is 0.144. The third-order valence-corrected chi connectivity index (χ3v) is 5.71. The first-order valence-corrected chi connectivity index (χ1v) is 9.29. The summed E-state index contributed by atoms with van der Waals surface area (Å²) in [5, 5.41) is 2.93. The van der Waals surface area contributed by atoms with E-state index in [1.807, 2.05) is 18.2 Å². The Bertz CT molecular complexity index is 691. The van der Waals surface area contributed by atoms with Gasteiger partial charge in [0.15, 0.2) is 17.5 Å². The lowest BCUT2D eigenvalue weighted by atomic mass is 10.2. The summed E-state index contributed by atoms with van der Waals surface area (Å²) in [4.78, 5) is 4.24. The number of guanidine groups is 1. The van der Waals surface area contributed by atoms with Crippen LogP contribution in [0.25, 0.3) is 0 Å². The van der Waals surface area contributed by atoms with Crippen molar-refractivity contribution in [2.24, 2.45) is 10.7 Å². The zero-order chi connectivity index (χ0) is 17.6. The van der Waals surface area contributed by atoms with Crippen LogP contribution in [-0.2, 0) is 16.6 Å². The second-order valence-corrected chi connectivity index (χ2v) is 7.47. The van der Waals surface area contributed by atoms with Crippen molar-refractivity contribution in [3.63, 3.8) is 0 Å². The fraction of sp³-hybridized carbons (Fsp3) is 0.533. The summed E-state index contributed by atoms with van der Waals surface area (Å²) < 4.78 is 35.3. The van der Waals surface area contributed by atoms with Crippen molar-refractivity contribution >= 4 is 16.0 Å². The largest absolute Gasteiger partial charge is 0.493 e. The Labute approximate surface area is 142 Å². The summed E-state index contributed by atoms with van der Waals surface area (Å²) in [5.74, 6) is 1.80. The van der Waals surface area contributed by atoms with Gasteiger partial charge >= 0.3 is 0 Å². The monoisotopic (exact) mass is 356 g/mol. The number of methoxy groups -OCH3 is 2. The Morgan fingerprint density at radius 1 is 1.33 bits per heavy atom. The number of ether oxygens (including phenoxy) is 2. The van der Waals surface area contributed by atoms with Crippen LogP contribution in [0.4, 0.5) is 0 Å². The second kappa shape index (κ2) is 8.20. The molecule has 1 aromatic rings. The molecule has 0 radical (unpaired) electrons. The first kappa shape index (κ1) is 18.3. The Hall–Kier alpha value is -2.00. The van der Waals surface area contributed by atoms with Crippen LogP contribution in [0.15, 0.2) is 23.2 Å². The summed E-state index contributed by atoms with van der Waals surface area (Å²) in [6.45, 7) is 1.79. The topological polar surface area (TPSA) is 106 Å². The fourth-order valence-corrected chi connectivity index (χ4v) is 3.99. The van der Waals surface area contributed by atoms with Crippen LogP contribution in [0, 0.1) is 0 Å². The SMILES string of the molecule is COc1ccc(CN=C(N)NCCN2CCCS2(=O)=O)cc1OC. The molecule has 9 heteroatoms. The molecular formula is C15H24N4O4S. The Balaban J connectivity index is 1.83. The number of hydrogen-bond acceptors (Lipinski definition) is 5. The smallest absolute Gasteiger partial charge is 0.214 e. The Morgan fingerprint density at radius 2 is 2.08 bits per heavy atom. The third kappa shape index (κ3) is 4.75. The molecule has 0 aromatic heterocycles. The maximum Gasteiger partial charge on any atom is 0.214 e. The summed E-state index contributed by atoms with van der Waals surface area (Å²) >= 11 is 0. The molecule has 2 rings (SSSR count). The first-order chi connectivity index (χ1) is 11.5. The number of benzene rings is 1. The van der Waals surface area contributed by atoms with Gasteiger partial charge in [0.2, 0.25) is 10.0 Å². The lowest BCUT2D eigenvalue weighted by Gasteiger charge is -2.14. The van der Waals surface area contributed by atoms with Crippen molar-refractivity contribution in [2.45, 2.75) is 13.0 Å². The number of nitrogens with two attached hydrogens (primary N) is 1. The maximum absolute atomic E-state index is 11.7. The zero-order valence-corrected chi connectivity index (χ0v) is 14.8. The first-order valence-electron chi connectivity index (χ1n) is 7.69. The fourth-order valence-electron chi connectivity index (χ4n) is 2.46. The zero-order valence-electron chi connectivity index (χ0n) is 14.0. The Kier molecular flexibility index (Phi) is 6.27. The highest BCUT2D eigenvalue weighted by Crippen LogP contribution is 2.27. The molecule has 0 aliphatic carbocycles. The van der Waals surface area contributed by atoms with Gasteiger partial charge in [-0.3, -0.25) is 0 Å². The van der Waals surface area contributed by atoms with E-state index in [1.165, 1.54) is 4.31 Å². The van der Waals surface area contributed by atoms with Crippen molar-refractivity contribution in [1.29, 1.82) is 0 Å². The van der Waals surface area contributed by atoms with Crippen molar-refractivity contribution in [3.8, 4) is 11.5 Å². The lowest BCUT2D eigenvalue weighted by molar-refractivity contribution is 0.354. The van der Waals surface area contributed by atoms with E-state index in [2.05, 4.69) is 10.3 Å². The van der Waals surface area contributed by atoms with Crippen molar-refractivity contribution < 1.29 is 17.9 Å². The van der Waals surface area contributed by atoms with Crippen molar-refractivity contribution in [2.75, 3.05) is 39.6 Å². The van der Waals surface area contributed by atoms with Gasteiger partial charge in [-0.1, -0.05) is 6.07 Å². The molecule has 1 aliphatic heterocycles. The van der Waals surface area contributed by atoms with Gasteiger partial charge in [-0.05, 0) is 24.1 Å². The van der Waals surface area contributed by atoms with Gasteiger partial charge in [-0.15, -0.1) is 0 Å². The van der Waals surface area contributed by atoms with E-state index in [1.54, 1.807) is 14.2 Å². The molecule has 8 nitrogen and oxygen atoms in total. The minimum absolute atomic E-state index is 0.232. The molecule has 0 saturated carbocycles. The molecule has 24 heavy (non-hydrogen) atoms. The average molecular weight is 356 g/mol. The van der Waals surface area contributed by atoms with E-state index in [0.29, 0.717) is 44.1 Å². The van der Waals surface area contributed by atoms with Crippen molar-refractivity contribution in [3.05, 3.63) is 23.8 Å². The molecular weight excluding hydrogens is 332 g/mol. The summed E-state index contributed by atoms with van der Waals surface area (Å²) in [6.07, 6.45) is 0.686. The molecule has 0 bridgehead atoms. The molecule has 1 aliphatic rings. The lowest BCUT2D eigenvalue weighted by Crippen LogP contribution is -2.39. The molecule has 1 saturated heterocycles. The molecule has 1 fully saturated rings. The van der Waals surface area contributed by atoms with Crippen molar-refractivity contribution in [1.82, 2.24) is 9.62 Å². The van der Waals surface area contributed by atoms with Crippen LogP contribution in [0.3, 0.4) is 0 Å². The van der Waals surface area contributed by atoms with E-state index in [0.717, 1.165) is 5.56 Å². The van der Waals surface area contributed by atoms with Gasteiger partial charge in [0.25, 0.3) is 0 Å². The quantitative estimate of drug-likeness (QED) is 0.532. The van der Waals surface area contributed by atoms with Crippen LogP contribution in [0.5, 0.6) is 11.5 Å². The van der Waals surface area contributed by atoms with E-state index >= 15 is 0 Å². The van der Waals surface area contributed by atoms with Crippen LogP contribution < -0.4 is 20.5 Å². The van der Waals surface area contributed by atoms with E-state index in [4.69, 9.17) is 15.2 Å². The van der Waals surface area contributed by atoms with Gasteiger partial charge in [0.1, 0.15) is 0 Å². The normalized spacial score (nSPS) is 17.7. The highest BCUT2D eigenvalue weighted by Gasteiger charge is 2.27. The summed E-state index contributed by atoms with van der Waals surface area (Å²) in [6, 6.07) is 5.53. The van der Waals surface area contributed by atoms with Gasteiger partial charge in [0.05, 0.1) is 26.5 Å². The number of nitrogens with zero attached hydrogens (tertiary/aromatic N) is 2. The third-order valence-electron chi connectivity index (χ3n) is 3.75. The number of sulfonamides is 1. The predicted molar refractivity (Wildman–Crippen MR) is 92.9 cm³/mol. The molecule has 0 amide bonds. The second-order valence-electron chi connectivity index (χ2n) is 5.39. The van der Waals surface area contributed by atoms with Crippen LogP contribution >= 0.6 is 0 Å². The number of nitrogens with one attached hydrogen (secondary N) is 1. The number of aliphatic imine (C=N–C) groups is 1. The molecule has 0 spiro atoms. The maximum atomic E-state index is 11.7. The molecule has 1 heterocycles. The van der Waals surface area contributed by atoms with E-state index in [-0.39, 0.29) is 11.7 Å². The van der Waals surface area contributed by atoms with E-state index < -0.39 is 10.0 Å². The molecule has 0 atom stereocenters. The van der Waals surface area contributed by atoms with Crippen LogP contribution in [0.1, 0.15) is 12.0 Å². The van der Waals surface area contributed by atoms with Crippen LogP contribution in [0.2, 0.25) is 0 Å². The molecule has 1 aromatic carbocycles. The highest BCUT2D eigenvalue weighted by molar-refractivity contribution is 7.89. The van der Waals surface area contributed by atoms with Gasteiger partial charge in [-0.25, -0.2) is 17.7 Å². The summed E-state index contributed by atoms with van der Waals surface area (Å²) in [5.41, 5.74) is 6.75. The van der Waals surface area contributed by atoms with Gasteiger partial charge < -0.3 is 20.5 Å². The van der Waals surface area contributed by atoms with Gasteiger partial charge in [0, 0.05) is 19.6 Å². The molecule has 0 unspecified atom stereocenters. The average Bonchev–Trinajstić information content (AvgIpc) is 2.91. The van der Waals surface area contributed by atoms with Gasteiger partial charge in [-0.2, -0.15) is 0 Å². The molecule has 3 N–H and O–H groups in total. The number of rotatable bonds is 7. The summed E-state index contributed by atoms with van der Waals surface area (Å²) in [7, 11) is 0.0904. The standard InChI is InChI=1S/C15H24N4O4S/c1-22-13-5-4-12(10-14(13)23-2)11-18-15(16)17-6-8-19-7-3-9-24(19,20)21/h4-5,10H,3,6-9,11H2,1-2H3,(H3,16,17,18). The van der Waals surface area contributed by atoms with Crippen LogP contribution in [-0.4, -0.2) is 58.3 Å². The van der Waals surface area contributed by atoms with E-state index in [9.17, 15) is 8.42 Å². The minimum Gasteiger partial charge on any atom is -0.493 e. The highest BCUT2D eigenvalue weighted by atomic mass is 32.2. The molecule has 134 valence electrons.